The van der Waals surface area contributed by atoms with Crippen LogP contribution in [-0.4, -0.2) is 12.1 Å². The van der Waals surface area contributed by atoms with Gasteiger partial charge in [0.1, 0.15) is 11.6 Å². The molecule has 0 heterocycles. The molecule has 112 valence electrons. The van der Waals surface area contributed by atoms with Crippen LogP contribution in [0.4, 0.5) is 8.78 Å². The maximum Gasteiger partial charge on any atom is 0.143 e. The van der Waals surface area contributed by atoms with Crippen LogP contribution >= 0.6 is 15.9 Å². The Bertz CT molecular complexity index is 482. The zero-order valence-electron chi connectivity index (χ0n) is 12.3. The summed E-state index contributed by atoms with van der Waals surface area (Å²) >= 11 is 3.13. The number of halogens is 3. The van der Waals surface area contributed by atoms with E-state index in [1.807, 2.05) is 0 Å². The number of nitrogens with one attached hydrogen (secondary N) is 1. The lowest BCUT2D eigenvalue weighted by molar-refractivity contribution is 0.157. The van der Waals surface area contributed by atoms with Gasteiger partial charge < -0.3 is 5.32 Å². The van der Waals surface area contributed by atoms with Crippen molar-refractivity contribution in [2.45, 2.75) is 45.6 Å². The largest absolute Gasteiger partial charge is 0.312 e. The van der Waals surface area contributed by atoms with Gasteiger partial charge in [0.2, 0.25) is 0 Å². The summed E-state index contributed by atoms with van der Waals surface area (Å²) < 4.78 is 28.1. The second-order valence-corrected chi connectivity index (χ2v) is 7.61. The van der Waals surface area contributed by atoms with Gasteiger partial charge in [0.05, 0.1) is 4.47 Å². The Kier molecular flexibility index (Phi) is 4.85. The lowest BCUT2D eigenvalue weighted by Crippen LogP contribution is -2.44. The number of rotatable bonds is 4. The molecule has 1 fully saturated rings. The first-order valence-electron chi connectivity index (χ1n) is 7.15. The first-order valence-corrected chi connectivity index (χ1v) is 7.94. The van der Waals surface area contributed by atoms with E-state index < -0.39 is 11.6 Å². The molecule has 1 aliphatic carbocycles. The standard InChI is InChI=1S/C16H22BrF2N/c1-16(2,3)20-9-11-5-4-10(11)8-12-14(18)7-6-13(17)15(12)19/h6-7,10-11,20H,4-5,8-9H2,1-3H3. The highest BCUT2D eigenvalue weighted by Crippen LogP contribution is 2.38. The molecular weight excluding hydrogens is 324 g/mol. The Balaban J connectivity index is 1.99. The van der Waals surface area contributed by atoms with Crippen molar-refractivity contribution < 1.29 is 8.78 Å². The number of hydrogen-bond donors (Lipinski definition) is 1. The molecule has 1 saturated carbocycles. The average Bonchev–Trinajstić information content (AvgIpc) is 2.31. The Labute approximate surface area is 128 Å². The Hall–Kier alpha value is -0.480. The number of benzene rings is 1. The van der Waals surface area contributed by atoms with Gasteiger partial charge >= 0.3 is 0 Å². The van der Waals surface area contributed by atoms with Gasteiger partial charge in [-0.05, 0) is 86.5 Å². The fraction of sp³-hybridized carbons (Fsp3) is 0.625. The molecule has 1 aliphatic rings. The summed E-state index contributed by atoms with van der Waals surface area (Å²) in [6.07, 6.45) is 2.69. The van der Waals surface area contributed by atoms with Crippen molar-refractivity contribution >= 4 is 15.9 Å². The monoisotopic (exact) mass is 345 g/mol. The molecule has 0 saturated heterocycles. The molecule has 1 aromatic carbocycles. The smallest absolute Gasteiger partial charge is 0.143 e. The van der Waals surface area contributed by atoms with Crippen LogP contribution in [0, 0.1) is 23.5 Å². The molecule has 1 nitrogen and oxygen atoms in total. The van der Waals surface area contributed by atoms with Crippen molar-refractivity contribution in [3.05, 3.63) is 33.8 Å². The Morgan fingerprint density at radius 3 is 2.40 bits per heavy atom. The summed E-state index contributed by atoms with van der Waals surface area (Å²) in [5.74, 6) is 0.0229. The van der Waals surface area contributed by atoms with Crippen molar-refractivity contribution in [2.75, 3.05) is 6.54 Å². The van der Waals surface area contributed by atoms with E-state index in [-0.39, 0.29) is 11.1 Å². The molecule has 2 unspecified atom stereocenters. The molecule has 2 rings (SSSR count). The van der Waals surface area contributed by atoms with E-state index >= 15 is 0 Å². The fourth-order valence-electron chi connectivity index (χ4n) is 2.63. The minimum atomic E-state index is -0.445. The van der Waals surface area contributed by atoms with E-state index in [1.165, 1.54) is 12.1 Å². The molecular formula is C16H22BrF2N. The summed E-state index contributed by atoms with van der Waals surface area (Å²) in [4.78, 5) is 0. The zero-order chi connectivity index (χ0) is 14.9. The third-order valence-corrected chi connectivity index (χ3v) is 4.69. The van der Waals surface area contributed by atoms with Gasteiger partial charge in [-0.1, -0.05) is 0 Å². The van der Waals surface area contributed by atoms with Gasteiger partial charge in [-0.25, -0.2) is 8.78 Å². The molecule has 2 atom stereocenters. The van der Waals surface area contributed by atoms with E-state index in [2.05, 4.69) is 42.0 Å². The lowest BCUT2D eigenvalue weighted by atomic mass is 9.70. The second kappa shape index (κ2) is 6.10. The summed E-state index contributed by atoms with van der Waals surface area (Å²) in [6, 6.07) is 2.76. The van der Waals surface area contributed by atoms with E-state index in [0.717, 1.165) is 19.4 Å². The van der Waals surface area contributed by atoms with E-state index in [4.69, 9.17) is 0 Å². The van der Waals surface area contributed by atoms with E-state index in [1.54, 1.807) is 0 Å². The first-order chi connectivity index (χ1) is 9.28. The minimum Gasteiger partial charge on any atom is -0.312 e. The predicted octanol–water partition coefficient (Wildman–Crippen LogP) is 4.68. The molecule has 4 heteroatoms. The van der Waals surface area contributed by atoms with Gasteiger partial charge in [0.15, 0.2) is 0 Å². The average molecular weight is 346 g/mol. The Morgan fingerprint density at radius 2 is 1.85 bits per heavy atom. The van der Waals surface area contributed by atoms with Crippen LogP contribution in [0.15, 0.2) is 16.6 Å². The second-order valence-electron chi connectivity index (χ2n) is 6.75. The van der Waals surface area contributed by atoms with Gasteiger partial charge in [-0.15, -0.1) is 0 Å². The minimum absolute atomic E-state index is 0.0897. The normalized spacial score (nSPS) is 22.7. The van der Waals surface area contributed by atoms with Crippen LogP contribution in [0.3, 0.4) is 0 Å². The molecule has 20 heavy (non-hydrogen) atoms. The highest BCUT2D eigenvalue weighted by molar-refractivity contribution is 9.10. The quantitative estimate of drug-likeness (QED) is 0.781. The molecule has 0 spiro atoms. The molecule has 0 amide bonds. The fourth-order valence-corrected chi connectivity index (χ4v) is 3.00. The highest BCUT2D eigenvalue weighted by Gasteiger charge is 2.33. The molecule has 0 bridgehead atoms. The van der Waals surface area contributed by atoms with Crippen LogP contribution in [0.25, 0.3) is 0 Å². The van der Waals surface area contributed by atoms with Crippen molar-refractivity contribution in [1.29, 1.82) is 0 Å². The maximum atomic E-state index is 14.0. The van der Waals surface area contributed by atoms with Crippen molar-refractivity contribution in [3.8, 4) is 0 Å². The van der Waals surface area contributed by atoms with Crippen molar-refractivity contribution in [3.63, 3.8) is 0 Å². The Morgan fingerprint density at radius 1 is 1.20 bits per heavy atom. The highest BCUT2D eigenvalue weighted by atomic mass is 79.9. The third kappa shape index (κ3) is 3.79. The summed E-state index contributed by atoms with van der Waals surface area (Å²) in [7, 11) is 0. The summed E-state index contributed by atoms with van der Waals surface area (Å²) in [6.45, 7) is 7.32. The summed E-state index contributed by atoms with van der Waals surface area (Å²) in [5.41, 5.74) is 0.316. The van der Waals surface area contributed by atoms with Gasteiger partial charge in [0.25, 0.3) is 0 Å². The van der Waals surface area contributed by atoms with E-state index in [9.17, 15) is 8.78 Å². The lowest BCUT2D eigenvalue weighted by Gasteiger charge is -2.39. The van der Waals surface area contributed by atoms with Crippen LogP contribution < -0.4 is 5.32 Å². The molecule has 0 radical (unpaired) electrons. The van der Waals surface area contributed by atoms with Gasteiger partial charge in [0, 0.05) is 11.1 Å². The zero-order valence-corrected chi connectivity index (χ0v) is 13.9. The predicted molar refractivity (Wildman–Crippen MR) is 81.7 cm³/mol. The van der Waals surface area contributed by atoms with Crippen molar-refractivity contribution in [2.24, 2.45) is 11.8 Å². The van der Waals surface area contributed by atoms with Crippen LogP contribution in [0.1, 0.15) is 39.2 Å². The van der Waals surface area contributed by atoms with Gasteiger partial charge in [-0.2, -0.15) is 0 Å². The van der Waals surface area contributed by atoms with Crippen LogP contribution in [-0.2, 0) is 6.42 Å². The molecule has 0 aliphatic heterocycles. The van der Waals surface area contributed by atoms with Gasteiger partial charge in [-0.3, -0.25) is 0 Å². The molecule has 1 aromatic rings. The van der Waals surface area contributed by atoms with Crippen LogP contribution in [0.2, 0.25) is 0 Å². The summed E-state index contributed by atoms with van der Waals surface area (Å²) in [5, 5.41) is 3.48. The first kappa shape index (κ1) is 15.9. The number of hydrogen-bond acceptors (Lipinski definition) is 1. The SMILES string of the molecule is CC(C)(C)NCC1CCC1Cc1c(F)ccc(Br)c1F. The molecule has 1 N–H and O–H groups in total. The van der Waals surface area contributed by atoms with E-state index in [0.29, 0.717) is 22.7 Å². The van der Waals surface area contributed by atoms with Crippen LogP contribution in [0.5, 0.6) is 0 Å². The third-order valence-electron chi connectivity index (χ3n) is 4.07. The van der Waals surface area contributed by atoms with Crippen molar-refractivity contribution in [1.82, 2.24) is 5.32 Å². The molecule has 0 aromatic heterocycles. The topological polar surface area (TPSA) is 12.0 Å². The maximum absolute atomic E-state index is 14.0.